The lowest BCUT2D eigenvalue weighted by Crippen LogP contribution is -2.43. The van der Waals surface area contributed by atoms with Gasteiger partial charge < -0.3 is 19.3 Å². The van der Waals surface area contributed by atoms with Gasteiger partial charge in [0.1, 0.15) is 6.10 Å². The first-order valence-corrected chi connectivity index (χ1v) is 17.3. The van der Waals surface area contributed by atoms with Crippen molar-refractivity contribution in [3.63, 3.8) is 0 Å². The summed E-state index contributed by atoms with van der Waals surface area (Å²) in [5, 5.41) is 10.1. The highest BCUT2D eigenvalue weighted by molar-refractivity contribution is 5.70. The molecule has 1 aromatic heterocycles. The van der Waals surface area contributed by atoms with Crippen LogP contribution in [0.5, 0.6) is 0 Å². The van der Waals surface area contributed by atoms with Gasteiger partial charge in [0.15, 0.2) is 18.4 Å². The van der Waals surface area contributed by atoms with E-state index in [1.807, 2.05) is 0 Å². The molecule has 2 N–H and O–H groups in total. The topological polar surface area (TPSA) is 137 Å². The van der Waals surface area contributed by atoms with Crippen molar-refractivity contribution in [3.05, 3.63) is 32.6 Å². The summed E-state index contributed by atoms with van der Waals surface area (Å²) in [6.07, 6.45) is 17.3. The van der Waals surface area contributed by atoms with Crippen LogP contribution in [-0.2, 0) is 23.8 Å². The summed E-state index contributed by atoms with van der Waals surface area (Å²) in [5.41, 5.74) is -1.02. The van der Waals surface area contributed by atoms with E-state index in [2.05, 4.69) is 18.8 Å². The van der Waals surface area contributed by atoms with Crippen molar-refractivity contribution in [2.75, 3.05) is 6.61 Å². The minimum absolute atomic E-state index is 0.182. The van der Waals surface area contributed by atoms with Gasteiger partial charge in [-0.1, -0.05) is 117 Å². The summed E-state index contributed by atoms with van der Waals surface area (Å²) in [6, 6.07) is 0. The highest BCUT2D eigenvalue weighted by Gasteiger charge is 2.50. The molecule has 0 spiro atoms. The number of aryl methyl sites for hydroxylation is 1. The van der Waals surface area contributed by atoms with E-state index in [4.69, 9.17) is 14.2 Å². The predicted molar refractivity (Wildman–Crippen MR) is 171 cm³/mol. The van der Waals surface area contributed by atoms with Crippen LogP contribution in [0.15, 0.2) is 15.8 Å². The molecule has 2 heterocycles. The van der Waals surface area contributed by atoms with Gasteiger partial charge in [-0.15, -0.1) is 0 Å². The van der Waals surface area contributed by atoms with Crippen LogP contribution in [0.2, 0.25) is 0 Å². The van der Waals surface area contributed by atoms with Gasteiger partial charge in [-0.05, 0) is 19.8 Å². The second-order valence-electron chi connectivity index (χ2n) is 12.3. The molecule has 1 aromatic rings. The molecular weight excluding hydrogens is 564 g/mol. The van der Waals surface area contributed by atoms with Gasteiger partial charge in [-0.3, -0.25) is 23.9 Å². The molecule has 1 aliphatic rings. The smallest absolute Gasteiger partial charge is 0.330 e. The number of aliphatic hydroxyl groups is 1. The van der Waals surface area contributed by atoms with Crippen LogP contribution in [-0.4, -0.2) is 51.5 Å². The zero-order valence-corrected chi connectivity index (χ0v) is 27.5. The molecule has 0 aliphatic carbocycles. The van der Waals surface area contributed by atoms with E-state index in [1.165, 1.54) is 70.4 Å². The van der Waals surface area contributed by atoms with E-state index in [1.54, 1.807) is 6.92 Å². The monoisotopic (exact) mass is 622 g/mol. The fraction of sp³-hybridized carbons (Fsp3) is 0.824. The first kappa shape index (κ1) is 37.7. The van der Waals surface area contributed by atoms with Crippen LogP contribution < -0.4 is 11.2 Å². The maximum atomic E-state index is 12.9. The van der Waals surface area contributed by atoms with E-state index in [0.717, 1.165) is 43.1 Å². The zero-order chi connectivity index (χ0) is 32.2. The summed E-state index contributed by atoms with van der Waals surface area (Å²) in [4.78, 5) is 52.7. The Morgan fingerprint density at radius 2 is 1.18 bits per heavy atom. The molecule has 0 unspecified atom stereocenters. The Labute approximate surface area is 263 Å². The van der Waals surface area contributed by atoms with Crippen LogP contribution in [0.1, 0.15) is 154 Å². The number of unbranched alkanes of at least 4 members (excludes halogenated alkanes) is 16. The molecule has 1 saturated heterocycles. The van der Waals surface area contributed by atoms with Crippen LogP contribution in [0.25, 0.3) is 0 Å². The highest BCUT2D eigenvalue weighted by atomic mass is 16.6. The van der Waals surface area contributed by atoms with Gasteiger partial charge in [0.05, 0.1) is 6.61 Å². The molecule has 44 heavy (non-hydrogen) atoms. The number of aliphatic hydroxyl groups excluding tert-OH is 1. The Hall–Kier alpha value is -2.46. The fourth-order valence-electron chi connectivity index (χ4n) is 5.70. The van der Waals surface area contributed by atoms with Gasteiger partial charge in [0.25, 0.3) is 5.56 Å². The number of aromatic nitrogens is 2. The number of rotatable bonds is 24. The SMILES string of the molecule is CCCCCCCCCCCC(=O)O[C@@H]1[C@H](OC(=O)CCCCCCCCCCC)[C@@H](CO)O[C@H]1n1cc(C)c(=O)[nH]c1=O. The standard InChI is InChI=1S/C34H58N2O8/c1-4-6-8-10-12-14-16-18-20-22-28(38)43-30-27(25-37)42-33(36-24-26(3)32(40)35-34(36)41)31(30)44-29(39)23-21-19-17-15-13-11-9-7-5-2/h24,27,30-31,33,37H,4-23,25H2,1-3H3,(H,35,40,41)/t27-,30-,31-,33-/m1/s1. The average Bonchev–Trinajstić information content (AvgIpc) is 3.33. The van der Waals surface area contributed by atoms with Gasteiger partial charge in [-0.2, -0.15) is 0 Å². The number of H-pyrrole nitrogens is 1. The van der Waals surface area contributed by atoms with Crippen molar-refractivity contribution in [1.82, 2.24) is 9.55 Å². The number of esters is 2. The summed E-state index contributed by atoms with van der Waals surface area (Å²) in [6.45, 7) is 5.44. The quantitative estimate of drug-likeness (QED) is 0.0998. The molecule has 0 aromatic carbocycles. The first-order valence-electron chi connectivity index (χ1n) is 17.3. The Balaban J connectivity index is 1.97. The molecule has 0 amide bonds. The second kappa shape index (κ2) is 22.1. The number of ether oxygens (including phenoxy) is 3. The van der Waals surface area contributed by atoms with E-state index in [9.17, 15) is 24.3 Å². The van der Waals surface area contributed by atoms with E-state index >= 15 is 0 Å². The first-order chi connectivity index (χ1) is 21.3. The van der Waals surface area contributed by atoms with E-state index < -0.39 is 54.3 Å². The van der Waals surface area contributed by atoms with Crippen LogP contribution >= 0.6 is 0 Å². The molecule has 0 saturated carbocycles. The minimum Gasteiger partial charge on any atom is -0.455 e. The van der Waals surface area contributed by atoms with Gasteiger partial charge in [0.2, 0.25) is 0 Å². The van der Waals surface area contributed by atoms with Gasteiger partial charge in [0, 0.05) is 24.6 Å². The molecule has 10 nitrogen and oxygen atoms in total. The number of carbonyl (C=O) groups excluding carboxylic acids is 2. The van der Waals surface area contributed by atoms with Crippen molar-refractivity contribution >= 4 is 11.9 Å². The number of carbonyl (C=O) groups is 2. The Morgan fingerprint density at radius 3 is 1.64 bits per heavy atom. The molecular formula is C34H58N2O8. The van der Waals surface area contributed by atoms with Gasteiger partial charge in [-0.25, -0.2) is 4.79 Å². The molecule has 10 heteroatoms. The predicted octanol–water partition coefficient (Wildman–Crippen LogP) is 6.40. The maximum absolute atomic E-state index is 12.9. The van der Waals surface area contributed by atoms with E-state index in [0.29, 0.717) is 12.8 Å². The number of nitrogens with zero attached hydrogens (tertiary/aromatic N) is 1. The van der Waals surface area contributed by atoms with Crippen LogP contribution in [0.4, 0.5) is 0 Å². The number of hydrogen-bond acceptors (Lipinski definition) is 8. The zero-order valence-electron chi connectivity index (χ0n) is 27.5. The lowest BCUT2D eigenvalue weighted by molar-refractivity contribution is -0.169. The number of aromatic amines is 1. The normalized spacial score (nSPS) is 19.7. The molecule has 1 fully saturated rings. The minimum atomic E-state index is -1.17. The van der Waals surface area contributed by atoms with Crippen LogP contribution in [0, 0.1) is 6.92 Å². The molecule has 0 bridgehead atoms. The summed E-state index contributed by atoms with van der Waals surface area (Å²) >= 11 is 0. The summed E-state index contributed by atoms with van der Waals surface area (Å²) < 4.78 is 18.6. The van der Waals surface area contributed by atoms with Gasteiger partial charge >= 0.3 is 17.6 Å². The van der Waals surface area contributed by atoms with Crippen molar-refractivity contribution in [2.24, 2.45) is 0 Å². The largest absolute Gasteiger partial charge is 0.455 e. The van der Waals surface area contributed by atoms with Crippen molar-refractivity contribution < 1.29 is 28.9 Å². The third-order valence-electron chi connectivity index (χ3n) is 8.39. The lowest BCUT2D eigenvalue weighted by atomic mass is 10.1. The summed E-state index contributed by atoms with van der Waals surface area (Å²) in [7, 11) is 0. The number of nitrogens with one attached hydrogen (secondary N) is 1. The Bertz CT molecular complexity index is 1070. The van der Waals surface area contributed by atoms with Crippen molar-refractivity contribution in [3.8, 4) is 0 Å². The second-order valence-corrected chi connectivity index (χ2v) is 12.3. The Morgan fingerprint density at radius 1 is 0.750 bits per heavy atom. The average molecular weight is 623 g/mol. The molecule has 1 aliphatic heterocycles. The highest BCUT2D eigenvalue weighted by Crippen LogP contribution is 2.34. The van der Waals surface area contributed by atoms with E-state index in [-0.39, 0.29) is 18.4 Å². The molecule has 0 radical (unpaired) electrons. The third kappa shape index (κ3) is 13.7. The summed E-state index contributed by atoms with van der Waals surface area (Å²) in [5.74, 6) is -0.954. The lowest BCUT2D eigenvalue weighted by Gasteiger charge is -2.25. The van der Waals surface area contributed by atoms with Crippen molar-refractivity contribution in [1.29, 1.82) is 0 Å². The molecule has 252 valence electrons. The Kier molecular flexibility index (Phi) is 19.0. The number of hydrogen-bond donors (Lipinski definition) is 2. The molecule has 2 rings (SSSR count). The maximum Gasteiger partial charge on any atom is 0.330 e. The van der Waals surface area contributed by atoms with Crippen LogP contribution in [0.3, 0.4) is 0 Å². The van der Waals surface area contributed by atoms with Crippen molar-refractivity contribution in [2.45, 2.75) is 174 Å². The fourth-order valence-corrected chi connectivity index (χ4v) is 5.70. The molecule has 4 atom stereocenters. The third-order valence-corrected chi connectivity index (χ3v) is 8.39.